The lowest BCUT2D eigenvalue weighted by molar-refractivity contribution is 0.200. The van der Waals surface area contributed by atoms with Gasteiger partial charge in [-0.25, -0.2) is 4.98 Å². The van der Waals surface area contributed by atoms with Gasteiger partial charge in [0.15, 0.2) is 17.5 Å². The monoisotopic (exact) mass is 544 g/mol. The van der Waals surface area contributed by atoms with Crippen LogP contribution in [0.25, 0.3) is 0 Å². The van der Waals surface area contributed by atoms with Gasteiger partial charge in [-0.15, -0.1) is 24.0 Å². The summed E-state index contributed by atoms with van der Waals surface area (Å²) in [6.45, 7) is 1.39. The van der Waals surface area contributed by atoms with Gasteiger partial charge in [0, 0.05) is 26.3 Å². The Morgan fingerprint density at radius 1 is 1.13 bits per heavy atom. The molecule has 0 saturated heterocycles. The number of aromatic nitrogens is 1. The number of nitrogens with zero attached hydrogens (tertiary/aromatic N) is 2. The highest BCUT2D eigenvalue weighted by atomic mass is 127. The van der Waals surface area contributed by atoms with Crippen LogP contribution in [0.4, 0.5) is 0 Å². The first-order valence-corrected chi connectivity index (χ1v) is 10.4. The Morgan fingerprint density at radius 2 is 1.90 bits per heavy atom. The second-order valence-corrected chi connectivity index (χ2v) is 7.49. The Labute approximate surface area is 200 Å². The molecule has 8 heteroatoms. The van der Waals surface area contributed by atoms with E-state index in [1.807, 2.05) is 18.2 Å². The van der Waals surface area contributed by atoms with E-state index in [-0.39, 0.29) is 24.0 Å². The summed E-state index contributed by atoms with van der Waals surface area (Å²) < 4.78 is 11.6. The number of halogens is 2. The van der Waals surface area contributed by atoms with Gasteiger partial charge in [-0.2, -0.15) is 0 Å². The van der Waals surface area contributed by atoms with Crippen LogP contribution in [0.2, 0.25) is 5.15 Å². The zero-order chi connectivity index (χ0) is 20.5. The molecule has 0 unspecified atom stereocenters. The molecule has 2 aromatic rings. The van der Waals surface area contributed by atoms with E-state index < -0.39 is 0 Å². The maximum Gasteiger partial charge on any atom is 0.191 e. The standard InChI is InChI=1S/C22H29ClN4O2.HI/c1-24-22(25-12-11-16-8-10-21(23)26-14-16)27-15-17-7-9-19(20(13-17)28-2)29-18-5-3-4-6-18;/h7-10,13-14,18H,3-6,11-12,15H2,1-2H3,(H2,24,25,27);1H. The average molecular weight is 545 g/mol. The molecule has 0 atom stereocenters. The molecule has 164 valence electrons. The molecule has 1 aliphatic rings. The quantitative estimate of drug-likeness (QED) is 0.220. The fourth-order valence-corrected chi connectivity index (χ4v) is 3.50. The number of hydrogen-bond donors (Lipinski definition) is 2. The van der Waals surface area contributed by atoms with E-state index in [4.69, 9.17) is 21.1 Å². The summed E-state index contributed by atoms with van der Waals surface area (Å²) in [6.07, 6.45) is 7.69. The Bertz CT molecular complexity index is 811. The lowest BCUT2D eigenvalue weighted by atomic mass is 10.2. The van der Waals surface area contributed by atoms with Crippen LogP contribution >= 0.6 is 35.6 Å². The van der Waals surface area contributed by atoms with E-state index in [0.29, 0.717) is 17.8 Å². The normalized spacial score (nSPS) is 14.2. The van der Waals surface area contributed by atoms with Crippen molar-refractivity contribution in [3.8, 4) is 11.5 Å². The van der Waals surface area contributed by atoms with Crippen LogP contribution in [0.1, 0.15) is 36.8 Å². The van der Waals surface area contributed by atoms with Gasteiger partial charge in [0.2, 0.25) is 0 Å². The lowest BCUT2D eigenvalue weighted by Gasteiger charge is -2.17. The predicted octanol–water partition coefficient (Wildman–Crippen LogP) is 4.59. The number of methoxy groups -OCH3 is 1. The van der Waals surface area contributed by atoms with Crippen LogP contribution in [0.5, 0.6) is 11.5 Å². The Morgan fingerprint density at radius 3 is 2.57 bits per heavy atom. The molecule has 1 fully saturated rings. The van der Waals surface area contributed by atoms with Crippen molar-refractivity contribution in [3.05, 3.63) is 52.8 Å². The van der Waals surface area contributed by atoms with Crippen LogP contribution in [0, 0.1) is 0 Å². The third-order valence-corrected chi connectivity index (χ3v) is 5.23. The molecule has 1 aromatic carbocycles. The summed E-state index contributed by atoms with van der Waals surface area (Å²) in [5, 5.41) is 7.15. The molecule has 1 aliphatic carbocycles. The lowest BCUT2D eigenvalue weighted by Crippen LogP contribution is -2.37. The maximum atomic E-state index is 6.11. The zero-order valence-electron chi connectivity index (χ0n) is 17.5. The van der Waals surface area contributed by atoms with Gasteiger partial charge in [-0.05, 0) is 61.4 Å². The van der Waals surface area contributed by atoms with Gasteiger partial charge in [0.05, 0.1) is 13.2 Å². The van der Waals surface area contributed by atoms with Crippen molar-refractivity contribution in [2.24, 2.45) is 4.99 Å². The first kappa shape index (κ1) is 24.5. The summed E-state index contributed by atoms with van der Waals surface area (Å²) in [5.41, 5.74) is 2.23. The summed E-state index contributed by atoms with van der Waals surface area (Å²) in [5.74, 6) is 2.34. The van der Waals surface area contributed by atoms with Gasteiger partial charge in [0.25, 0.3) is 0 Å². The van der Waals surface area contributed by atoms with Crippen molar-refractivity contribution < 1.29 is 9.47 Å². The van der Waals surface area contributed by atoms with Gasteiger partial charge < -0.3 is 20.1 Å². The Kier molecular flexibility index (Phi) is 10.5. The minimum atomic E-state index is 0. The SMILES string of the molecule is CN=C(NCCc1ccc(Cl)nc1)NCc1ccc(OC2CCCC2)c(OC)c1.I. The fraction of sp³-hybridized carbons (Fsp3) is 0.455. The van der Waals surface area contributed by atoms with Crippen molar-refractivity contribution in [2.45, 2.75) is 44.8 Å². The number of rotatable bonds is 8. The summed E-state index contributed by atoms with van der Waals surface area (Å²) in [7, 11) is 3.44. The van der Waals surface area contributed by atoms with Crippen molar-refractivity contribution in [1.82, 2.24) is 15.6 Å². The van der Waals surface area contributed by atoms with Crippen LogP contribution in [-0.4, -0.2) is 37.7 Å². The molecular weight excluding hydrogens is 515 g/mol. The Hall–Kier alpha value is -1.74. The highest BCUT2D eigenvalue weighted by Gasteiger charge is 2.18. The van der Waals surface area contributed by atoms with Gasteiger partial charge in [-0.1, -0.05) is 23.7 Å². The largest absolute Gasteiger partial charge is 0.493 e. The van der Waals surface area contributed by atoms with E-state index >= 15 is 0 Å². The molecule has 0 radical (unpaired) electrons. The van der Waals surface area contributed by atoms with E-state index in [2.05, 4.69) is 26.7 Å². The average Bonchev–Trinajstić information content (AvgIpc) is 3.26. The minimum absolute atomic E-state index is 0. The van der Waals surface area contributed by atoms with E-state index in [1.165, 1.54) is 12.8 Å². The molecule has 0 amide bonds. The minimum Gasteiger partial charge on any atom is -0.493 e. The van der Waals surface area contributed by atoms with Gasteiger partial charge in [0.1, 0.15) is 5.15 Å². The van der Waals surface area contributed by atoms with Crippen LogP contribution in [0.15, 0.2) is 41.5 Å². The zero-order valence-corrected chi connectivity index (χ0v) is 20.6. The molecule has 1 heterocycles. The smallest absolute Gasteiger partial charge is 0.191 e. The van der Waals surface area contributed by atoms with Crippen LogP contribution in [0.3, 0.4) is 0 Å². The van der Waals surface area contributed by atoms with Gasteiger partial charge >= 0.3 is 0 Å². The molecule has 0 bridgehead atoms. The van der Waals surface area contributed by atoms with Crippen LogP contribution < -0.4 is 20.1 Å². The molecule has 2 N–H and O–H groups in total. The second kappa shape index (κ2) is 12.8. The summed E-state index contributed by atoms with van der Waals surface area (Å²) in [4.78, 5) is 8.38. The highest BCUT2D eigenvalue weighted by molar-refractivity contribution is 14.0. The summed E-state index contributed by atoms with van der Waals surface area (Å²) in [6, 6.07) is 9.86. The molecule has 1 aromatic heterocycles. The maximum absolute atomic E-state index is 6.11. The third kappa shape index (κ3) is 7.50. The molecule has 0 aliphatic heterocycles. The van der Waals surface area contributed by atoms with E-state index in [1.54, 1.807) is 26.4 Å². The second-order valence-electron chi connectivity index (χ2n) is 7.10. The molecule has 3 rings (SSSR count). The number of nitrogens with one attached hydrogen (secondary N) is 2. The van der Waals surface area contributed by atoms with Crippen molar-refractivity contribution in [2.75, 3.05) is 20.7 Å². The number of ether oxygens (including phenoxy) is 2. The van der Waals surface area contributed by atoms with Crippen LogP contribution in [-0.2, 0) is 13.0 Å². The molecule has 0 spiro atoms. The number of pyridine rings is 1. The molecule has 1 saturated carbocycles. The van der Waals surface area contributed by atoms with E-state index in [9.17, 15) is 0 Å². The number of aliphatic imine (C=N–C) groups is 1. The van der Waals surface area contributed by atoms with Crippen molar-refractivity contribution in [1.29, 1.82) is 0 Å². The summed E-state index contributed by atoms with van der Waals surface area (Å²) >= 11 is 5.82. The molecular formula is C22H30ClIN4O2. The number of benzene rings is 1. The Balaban J connectivity index is 0.00000320. The van der Waals surface area contributed by atoms with E-state index in [0.717, 1.165) is 54.4 Å². The third-order valence-electron chi connectivity index (χ3n) is 5.00. The number of guanidine groups is 1. The molecule has 30 heavy (non-hydrogen) atoms. The predicted molar refractivity (Wildman–Crippen MR) is 132 cm³/mol. The fourth-order valence-electron chi connectivity index (χ4n) is 3.39. The van der Waals surface area contributed by atoms with Crippen molar-refractivity contribution in [3.63, 3.8) is 0 Å². The molecule has 6 nitrogen and oxygen atoms in total. The number of hydrogen-bond acceptors (Lipinski definition) is 4. The highest BCUT2D eigenvalue weighted by Crippen LogP contribution is 2.32. The van der Waals surface area contributed by atoms with Crippen molar-refractivity contribution >= 4 is 41.5 Å². The first-order valence-electron chi connectivity index (χ1n) is 10.1. The van der Waals surface area contributed by atoms with Gasteiger partial charge in [-0.3, -0.25) is 4.99 Å². The topological polar surface area (TPSA) is 67.8 Å². The first-order chi connectivity index (χ1) is 14.2.